The van der Waals surface area contributed by atoms with E-state index in [0.29, 0.717) is 19.3 Å². The largest absolute Gasteiger partial charge is 0.444 e. The van der Waals surface area contributed by atoms with Crippen molar-refractivity contribution in [3.05, 3.63) is 0 Å². The van der Waals surface area contributed by atoms with Gasteiger partial charge in [0, 0.05) is 6.04 Å². The van der Waals surface area contributed by atoms with Gasteiger partial charge in [-0.2, -0.15) is 13.2 Å². The summed E-state index contributed by atoms with van der Waals surface area (Å²) in [5.41, 5.74) is -0.670. The van der Waals surface area contributed by atoms with Crippen molar-refractivity contribution in [1.82, 2.24) is 10.6 Å². The van der Waals surface area contributed by atoms with Gasteiger partial charge in [0.15, 0.2) is 0 Å². The first-order valence-electron chi connectivity index (χ1n) is 6.82. The number of carbonyl (C=O) groups excluding carboxylic acids is 2. The number of alkyl carbamates (subject to hydrolysis) is 1. The average Bonchev–Trinajstić information content (AvgIpc) is 2.70. The Kier molecular flexibility index (Phi) is 5.47. The highest BCUT2D eigenvalue weighted by molar-refractivity contribution is 5.80. The monoisotopic (exact) mass is 310 g/mol. The molecule has 2 N–H and O–H groups in total. The molecule has 0 aromatic carbocycles. The number of hydrogen-bond donors (Lipinski definition) is 2. The lowest BCUT2D eigenvalue weighted by Gasteiger charge is -2.24. The molecule has 2 amide bonds. The number of ether oxygens (including phenoxy) is 1. The van der Waals surface area contributed by atoms with Crippen LogP contribution in [0.15, 0.2) is 0 Å². The van der Waals surface area contributed by atoms with Gasteiger partial charge >= 0.3 is 12.3 Å². The minimum atomic E-state index is -4.44. The standard InChI is InChI=1S/C13H21F3N2O3/c1-12(2,3)21-11(20)18-9-6-4-5-8(9)10(19)17-7-13(14,15)16/h8-9H,4-7H2,1-3H3,(H,17,19)(H,18,20)/t8-,9-/m0/s1. The Morgan fingerprint density at radius 2 is 1.81 bits per heavy atom. The van der Waals surface area contributed by atoms with Gasteiger partial charge in [0.1, 0.15) is 12.1 Å². The fourth-order valence-corrected chi connectivity index (χ4v) is 2.22. The van der Waals surface area contributed by atoms with Gasteiger partial charge in [-0.05, 0) is 33.6 Å². The van der Waals surface area contributed by atoms with Gasteiger partial charge < -0.3 is 15.4 Å². The summed E-state index contributed by atoms with van der Waals surface area (Å²) in [6.45, 7) is 3.75. The molecule has 2 atom stereocenters. The molecule has 21 heavy (non-hydrogen) atoms. The Balaban J connectivity index is 2.51. The predicted molar refractivity (Wildman–Crippen MR) is 69.6 cm³/mol. The van der Waals surface area contributed by atoms with E-state index in [1.807, 2.05) is 5.32 Å². The zero-order valence-corrected chi connectivity index (χ0v) is 12.3. The molecule has 0 aromatic heterocycles. The minimum Gasteiger partial charge on any atom is -0.444 e. The van der Waals surface area contributed by atoms with Crippen LogP contribution in [-0.4, -0.2) is 36.4 Å². The fraction of sp³-hybridized carbons (Fsp3) is 0.846. The van der Waals surface area contributed by atoms with Crippen LogP contribution in [0.25, 0.3) is 0 Å². The number of halogens is 3. The number of carbonyl (C=O) groups is 2. The fourth-order valence-electron chi connectivity index (χ4n) is 2.22. The van der Waals surface area contributed by atoms with Gasteiger partial charge in [-0.15, -0.1) is 0 Å². The highest BCUT2D eigenvalue weighted by atomic mass is 19.4. The third kappa shape index (κ3) is 6.68. The molecule has 0 aliphatic heterocycles. The van der Waals surface area contributed by atoms with Crippen molar-refractivity contribution < 1.29 is 27.5 Å². The molecule has 5 nitrogen and oxygen atoms in total. The number of amides is 2. The van der Waals surface area contributed by atoms with Crippen LogP contribution in [0.3, 0.4) is 0 Å². The first-order chi connectivity index (χ1) is 9.48. The Hall–Kier alpha value is -1.47. The van der Waals surface area contributed by atoms with Crippen LogP contribution >= 0.6 is 0 Å². The molecule has 0 aromatic rings. The second-order valence-corrected chi connectivity index (χ2v) is 6.12. The van der Waals surface area contributed by atoms with E-state index in [-0.39, 0.29) is 0 Å². The van der Waals surface area contributed by atoms with E-state index in [9.17, 15) is 22.8 Å². The highest BCUT2D eigenvalue weighted by Gasteiger charge is 2.36. The van der Waals surface area contributed by atoms with Gasteiger partial charge in [0.25, 0.3) is 0 Å². The van der Waals surface area contributed by atoms with Gasteiger partial charge in [-0.1, -0.05) is 6.42 Å². The van der Waals surface area contributed by atoms with E-state index >= 15 is 0 Å². The second-order valence-electron chi connectivity index (χ2n) is 6.12. The maximum absolute atomic E-state index is 12.1. The maximum atomic E-state index is 12.1. The smallest absolute Gasteiger partial charge is 0.407 e. The van der Waals surface area contributed by atoms with E-state index in [1.54, 1.807) is 20.8 Å². The average molecular weight is 310 g/mol. The lowest BCUT2D eigenvalue weighted by atomic mass is 10.0. The molecule has 0 heterocycles. The second kappa shape index (κ2) is 6.53. The third-order valence-electron chi connectivity index (χ3n) is 3.02. The van der Waals surface area contributed by atoms with Crippen LogP contribution in [0.4, 0.5) is 18.0 Å². The summed E-state index contributed by atoms with van der Waals surface area (Å²) < 4.78 is 41.4. The molecule has 122 valence electrons. The van der Waals surface area contributed by atoms with E-state index in [2.05, 4.69) is 5.32 Å². The molecule has 1 rings (SSSR count). The van der Waals surface area contributed by atoms with Crippen LogP contribution in [0.2, 0.25) is 0 Å². The van der Waals surface area contributed by atoms with Crippen molar-refractivity contribution in [3.8, 4) is 0 Å². The Bertz CT molecular complexity index is 391. The van der Waals surface area contributed by atoms with Gasteiger partial charge in [-0.25, -0.2) is 4.79 Å². The Morgan fingerprint density at radius 3 is 2.33 bits per heavy atom. The molecule has 1 aliphatic rings. The first kappa shape index (κ1) is 17.6. The summed E-state index contributed by atoms with van der Waals surface area (Å²) in [4.78, 5) is 23.4. The molecule has 1 fully saturated rings. The van der Waals surface area contributed by atoms with Gasteiger partial charge in [0.2, 0.25) is 5.91 Å². The quantitative estimate of drug-likeness (QED) is 0.841. The number of hydrogen-bond acceptors (Lipinski definition) is 3. The molecule has 0 radical (unpaired) electrons. The molecule has 0 unspecified atom stereocenters. The van der Waals surface area contributed by atoms with E-state index in [4.69, 9.17) is 4.74 Å². The van der Waals surface area contributed by atoms with Gasteiger partial charge in [-0.3, -0.25) is 4.79 Å². The summed E-state index contributed by atoms with van der Waals surface area (Å²) in [5.74, 6) is -1.34. The summed E-state index contributed by atoms with van der Waals surface area (Å²) in [5, 5.41) is 4.42. The lowest BCUT2D eigenvalue weighted by Crippen LogP contribution is -2.47. The summed E-state index contributed by atoms with van der Waals surface area (Å²) >= 11 is 0. The van der Waals surface area contributed by atoms with Crippen molar-refractivity contribution in [1.29, 1.82) is 0 Å². The van der Waals surface area contributed by atoms with Crippen molar-refractivity contribution in [2.75, 3.05) is 6.54 Å². The molecule has 0 saturated heterocycles. The topological polar surface area (TPSA) is 67.4 Å². The SMILES string of the molecule is CC(C)(C)OC(=O)N[C@H]1CCC[C@@H]1C(=O)NCC(F)(F)F. The molecular formula is C13H21F3N2O3. The van der Waals surface area contributed by atoms with Crippen molar-refractivity contribution >= 4 is 12.0 Å². The van der Waals surface area contributed by atoms with Crippen LogP contribution in [-0.2, 0) is 9.53 Å². The van der Waals surface area contributed by atoms with Crippen LogP contribution in [0.1, 0.15) is 40.0 Å². The number of rotatable bonds is 3. The summed E-state index contributed by atoms with van der Waals surface area (Å²) in [6, 6.07) is -0.493. The van der Waals surface area contributed by atoms with E-state index in [1.165, 1.54) is 0 Å². The van der Waals surface area contributed by atoms with Gasteiger partial charge in [0.05, 0.1) is 5.92 Å². The molecule has 1 saturated carbocycles. The summed E-state index contributed by atoms with van der Waals surface area (Å²) in [6.07, 6.45) is -3.44. The van der Waals surface area contributed by atoms with Crippen LogP contribution in [0.5, 0.6) is 0 Å². The predicted octanol–water partition coefficient (Wildman–Crippen LogP) is 2.36. The van der Waals surface area contributed by atoms with Crippen LogP contribution in [0, 0.1) is 5.92 Å². The van der Waals surface area contributed by atoms with E-state index in [0.717, 1.165) is 0 Å². The molecule has 0 spiro atoms. The Labute approximate surface area is 121 Å². The van der Waals surface area contributed by atoms with Crippen LogP contribution < -0.4 is 10.6 Å². The molecule has 8 heteroatoms. The number of alkyl halides is 3. The van der Waals surface area contributed by atoms with E-state index < -0.39 is 42.3 Å². The third-order valence-corrected chi connectivity index (χ3v) is 3.02. The lowest BCUT2D eigenvalue weighted by molar-refractivity contribution is -0.141. The van der Waals surface area contributed by atoms with Crippen molar-refractivity contribution in [2.45, 2.75) is 57.9 Å². The first-order valence-corrected chi connectivity index (χ1v) is 6.82. The zero-order chi connectivity index (χ0) is 16.3. The normalized spacial score (nSPS) is 22.8. The minimum absolute atomic E-state index is 0.449. The molecular weight excluding hydrogens is 289 g/mol. The maximum Gasteiger partial charge on any atom is 0.407 e. The molecule has 0 bridgehead atoms. The zero-order valence-electron chi connectivity index (χ0n) is 12.3. The van der Waals surface area contributed by atoms with Crippen molar-refractivity contribution in [2.24, 2.45) is 5.92 Å². The summed E-state index contributed by atoms with van der Waals surface area (Å²) in [7, 11) is 0. The highest BCUT2D eigenvalue weighted by Crippen LogP contribution is 2.26. The van der Waals surface area contributed by atoms with Crippen molar-refractivity contribution in [3.63, 3.8) is 0 Å². The Morgan fingerprint density at radius 1 is 1.19 bits per heavy atom. The number of nitrogens with one attached hydrogen (secondary N) is 2. The molecule has 1 aliphatic carbocycles.